The molecular formula is C15H23N3O2. The highest BCUT2D eigenvalue weighted by atomic mass is 16.2. The Morgan fingerprint density at radius 1 is 1.25 bits per heavy atom. The fourth-order valence-electron chi connectivity index (χ4n) is 3.45. The van der Waals surface area contributed by atoms with Crippen molar-refractivity contribution in [3.05, 3.63) is 11.6 Å². The van der Waals surface area contributed by atoms with Gasteiger partial charge in [0.1, 0.15) is 6.04 Å². The molecule has 0 N–H and O–H groups in total. The van der Waals surface area contributed by atoms with Gasteiger partial charge in [0, 0.05) is 33.2 Å². The zero-order valence-electron chi connectivity index (χ0n) is 12.2. The minimum absolute atomic E-state index is 0.0897. The Balaban J connectivity index is 1.65. The Kier molecular flexibility index (Phi) is 3.78. The van der Waals surface area contributed by atoms with E-state index in [0.717, 1.165) is 13.1 Å². The lowest BCUT2D eigenvalue weighted by Crippen LogP contribution is -2.66. The lowest BCUT2D eigenvalue weighted by molar-refractivity contribution is -0.158. The van der Waals surface area contributed by atoms with Crippen LogP contribution in [0.2, 0.25) is 0 Å². The first kappa shape index (κ1) is 13.6. The summed E-state index contributed by atoms with van der Waals surface area (Å²) in [5.41, 5.74) is 1.51. The second-order valence-corrected chi connectivity index (χ2v) is 6.14. The monoisotopic (exact) mass is 277 g/mol. The first-order chi connectivity index (χ1) is 9.65. The van der Waals surface area contributed by atoms with Gasteiger partial charge in [-0.05, 0) is 25.7 Å². The summed E-state index contributed by atoms with van der Waals surface area (Å²) < 4.78 is 0. The summed E-state index contributed by atoms with van der Waals surface area (Å²) in [6.07, 6.45) is 7.33. The summed E-state index contributed by atoms with van der Waals surface area (Å²) in [6, 6.07) is -0.265. The van der Waals surface area contributed by atoms with E-state index in [-0.39, 0.29) is 24.4 Å². The third-order valence-electron chi connectivity index (χ3n) is 4.63. The van der Waals surface area contributed by atoms with Gasteiger partial charge in [0.25, 0.3) is 0 Å². The van der Waals surface area contributed by atoms with E-state index >= 15 is 0 Å². The molecule has 1 atom stereocenters. The topological polar surface area (TPSA) is 43.9 Å². The van der Waals surface area contributed by atoms with E-state index < -0.39 is 0 Å². The molecule has 5 nitrogen and oxygen atoms in total. The van der Waals surface area contributed by atoms with Crippen LogP contribution in [0.3, 0.4) is 0 Å². The molecule has 0 aromatic heterocycles. The van der Waals surface area contributed by atoms with Crippen LogP contribution in [0.5, 0.6) is 0 Å². The number of amides is 2. The van der Waals surface area contributed by atoms with E-state index in [1.54, 1.807) is 16.8 Å². The molecule has 110 valence electrons. The normalized spacial score (nSPS) is 28.4. The van der Waals surface area contributed by atoms with E-state index in [1.807, 2.05) is 0 Å². The van der Waals surface area contributed by atoms with Crippen LogP contribution in [0.25, 0.3) is 0 Å². The fourth-order valence-corrected chi connectivity index (χ4v) is 3.45. The molecule has 2 saturated heterocycles. The van der Waals surface area contributed by atoms with Gasteiger partial charge in [-0.2, -0.15) is 0 Å². The molecule has 2 fully saturated rings. The van der Waals surface area contributed by atoms with Crippen LogP contribution in [0.4, 0.5) is 0 Å². The first-order valence-corrected chi connectivity index (χ1v) is 7.60. The highest BCUT2D eigenvalue weighted by Crippen LogP contribution is 2.21. The van der Waals surface area contributed by atoms with E-state index in [4.69, 9.17) is 0 Å². The van der Waals surface area contributed by atoms with Crippen LogP contribution >= 0.6 is 0 Å². The van der Waals surface area contributed by atoms with Crippen molar-refractivity contribution in [1.29, 1.82) is 0 Å². The fraction of sp³-hybridized carbons (Fsp3) is 0.733. The Labute approximate surface area is 120 Å². The second-order valence-electron chi connectivity index (χ2n) is 6.14. The van der Waals surface area contributed by atoms with Gasteiger partial charge in [0.2, 0.25) is 11.8 Å². The number of hydrogen-bond acceptors (Lipinski definition) is 3. The average Bonchev–Trinajstić information content (AvgIpc) is 2.46. The molecule has 2 amide bonds. The van der Waals surface area contributed by atoms with Gasteiger partial charge >= 0.3 is 0 Å². The molecule has 3 aliphatic rings. The van der Waals surface area contributed by atoms with Gasteiger partial charge in [-0.25, -0.2) is 0 Å². The molecule has 0 unspecified atom stereocenters. The SMILES string of the molecule is CN1CC(=O)N2CCN(CC3=CCCCC3)C[C@H]2C1=O. The number of fused-ring (bicyclic) bond motifs is 1. The van der Waals surface area contributed by atoms with Gasteiger partial charge in [-0.15, -0.1) is 0 Å². The summed E-state index contributed by atoms with van der Waals surface area (Å²) in [4.78, 5) is 29.9. The van der Waals surface area contributed by atoms with Gasteiger partial charge in [-0.1, -0.05) is 11.6 Å². The van der Waals surface area contributed by atoms with Crippen LogP contribution in [0, 0.1) is 0 Å². The zero-order chi connectivity index (χ0) is 14.1. The smallest absolute Gasteiger partial charge is 0.246 e. The lowest BCUT2D eigenvalue weighted by Gasteiger charge is -2.45. The summed E-state index contributed by atoms with van der Waals surface area (Å²) in [7, 11) is 1.72. The number of allylic oxidation sites excluding steroid dienone is 1. The molecule has 0 radical (unpaired) electrons. The Morgan fingerprint density at radius 3 is 2.85 bits per heavy atom. The van der Waals surface area contributed by atoms with E-state index in [9.17, 15) is 9.59 Å². The highest BCUT2D eigenvalue weighted by Gasteiger charge is 2.41. The molecule has 5 heteroatoms. The number of likely N-dealkylation sites (N-methyl/N-ethyl adjacent to an activating group) is 1. The van der Waals surface area contributed by atoms with Crippen molar-refractivity contribution in [1.82, 2.24) is 14.7 Å². The van der Waals surface area contributed by atoms with Crippen molar-refractivity contribution in [2.24, 2.45) is 0 Å². The Hall–Kier alpha value is -1.36. The predicted molar refractivity (Wildman–Crippen MR) is 76.1 cm³/mol. The molecule has 2 aliphatic heterocycles. The molecule has 0 saturated carbocycles. The van der Waals surface area contributed by atoms with Crippen molar-refractivity contribution in [2.75, 3.05) is 39.8 Å². The van der Waals surface area contributed by atoms with Crippen LogP contribution in [-0.2, 0) is 9.59 Å². The number of carbonyl (C=O) groups is 2. The van der Waals surface area contributed by atoms with Crippen LogP contribution in [0.1, 0.15) is 25.7 Å². The van der Waals surface area contributed by atoms with Crippen LogP contribution in [0.15, 0.2) is 11.6 Å². The zero-order valence-corrected chi connectivity index (χ0v) is 12.2. The molecule has 3 rings (SSSR count). The molecule has 0 aromatic rings. The Bertz CT molecular complexity index is 446. The standard InChI is InChI=1S/C15H23N3O2/c1-16-11-14(19)18-8-7-17(10-13(18)15(16)20)9-12-5-3-2-4-6-12/h5,13H,2-4,6-11H2,1H3/t13-/m0/s1. The number of hydrogen-bond donors (Lipinski definition) is 0. The minimum atomic E-state index is -0.265. The largest absolute Gasteiger partial charge is 0.335 e. The van der Waals surface area contributed by atoms with Crippen molar-refractivity contribution in [2.45, 2.75) is 31.7 Å². The third kappa shape index (κ3) is 2.59. The number of rotatable bonds is 2. The molecular weight excluding hydrogens is 254 g/mol. The van der Waals surface area contributed by atoms with Crippen molar-refractivity contribution in [3.8, 4) is 0 Å². The summed E-state index contributed by atoms with van der Waals surface area (Å²) >= 11 is 0. The predicted octanol–water partition coefficient (Wildman–Crippen LogP) is 0.472. The summed E-state index contributed by atoms with van der Waals surface area (Å²) in [5, 5.41) is 0. The quantitative estimate of drug-likeness (QED) is 0.689. The van der Waals surface area contributed by atoms with Crippen molar-refractivity contribution < 1.29 is 9.59 Å². The molecule has 1 aliphatic carbocycles. The molecule has 20 heavy (non-hydrogen) atoms. The average molecular weight is 277 g/mol. The number of carbonyl (C=O) groups excluding carboxylic acids is 2. The van der Waals surface area contributed by atoms with Gasteiger partial charge in [-0.3, -0.25) is 14.5 Å². The van der Waals surface area contributed by atoms with E-state index in [2.05, 4.69) is 11.0 Å². The first-order valence-electron chi connectivity index (χ1n) is 7.60. The maximum absolute atomic E-state index is 12.2. The van der Waals surface area contributed by atoms with E-state index in [1.165, 1.54) is 31.3 Å². The number of piperazine rings is 2. The maximum atomic E-state index is 12.2. The Morgan fingerprint density at radius 2 is 2.10 bits per heavy atom. The second kappa shape index (κ2) is 5.56. The minimum Gasteiger partial charge on any atom is -0.335 e. The lowest BCUT2D eigenvalue weighted by atomic mass is 9.98. The van der Waals surface area contributed by atoms with E-state index in [0.29, 0.717) is 13.1 Å². The van der Waals surface area contributed by atoms with Crippen molar-refractivity contribution in [3.63, 3.8) is 0 Å². The molecule has 0 aromatic carbocycles. The third-order valence-corrected chi connectivity index (χ3v) is 4.63. The van der Waals surface area contributed by atoms with Crippen molar-refractivity contribution >= 4 is 11.8 Å². The van der Waals surface area contributed by atoms with Gasteiger partial charge in [0.05, 0.1) is 6.54 Å². The molecule has 0 spiro atoms. The van der Waals surface area contributed by atoms with Gasteiger partial charge in [0.15, 0.2) is 0 Å². The molecule has 0 bridgehead atoms. The number of nitrogens with zero attached hydrogens (tertiary/aromatic N) is 3. The van der Waals surface area contributed by atoms with Crippen LogP contribution < -0.4 is 0 Å². The van der Waals surface area contributed by atoms with Crippen LogP contribution in [-0.4, -0.2) is 72.3 Å². The summed E-state index contributed by atoms with van der Waals surface area (Å²) in [6.45, 7) is 3.47. The maximum Gasteiger partial charge on any atom is 0.246 e. The summed E-state index contributed by atoms with van der Waals surface area (Å²) in [5.74, 6) is 0.181. The highest BCUT2D eigenvalue weighted by molar-refractivity contribution is 5.95. The van der Waals surface area contributed by atoms with Gasteiger partial charge < -0.3 is 9.80 Å². The molecule has 2 heterocycles.